The molecule has 1 aliphatic heterocycles. The maximum atomic E-state index is 14.8. The van der Waals surface area contributed by atoms with E-state index in [9.17, 15) is 13.2 Å². The van der Waals surface area contributed by atoms with Gasteiger partial charge in [-0.25, -0.2) is 4.39 Å². The number of hydrogen-bond donors (Lipinski definition) is 0. The predicted octanol–water partition coefficient (Wildman–Crippen LogP) is 9.59. The van der Waals surface area contributed by atoms with E-state index in [1.54, 1.807) is 18.2 Å². The first-order valence-electron chi connectivity index (χ1n) is 12.5. The summed E-state index contributed by atoms with van der Waals surface area (Å²) < 4.78 is 49.0. The number of halogens is 3. The van der Waals surface area contributed by atoms with Crippen LogP contribution in [0.1, 0.15) is 75.0 Å². The molecule has 1 aliphatic rings. The SMILES string of the molecule is CCCCCCCCCCc1ccc(-c2ccc3c(c2)C(F)(F)Oc2c-3ccc(C)c2F)cc1. The Morgan fingerprint density at radius 2 is 1.35 bits per heavy atom. The van der Waals surface area contributed by atoms with Crippen LogP contribution in [0.2, 0.25) is 0 Å². The molecule has 0 bridgehead atoms. The topological polar surface area (TPSA) is 9.23 Å². The average molecular weight is 467 g/mol. The summed E-state index contributed by atoms with van der Waals surface area (Å²) in [5, 5.41) is 0. The molecule has 0 amide bonds. The number of rotatable bonds is 10. The average Bonchev–Trinajstić information content (AvgIpc) is 2.83. The summed E-state index contributed by atoms with van der Waals surface area (Å²) in [6.45, 7) is 3.77. The molecule has 0 saturated heterocycles. The molecular weight excluding hydrogens is 433 g/mol. The minimum atomic E-state index is -3.59. The van der Waals surface area contributed by atoms with Crippen LogP contribution in [0.4, 0.5) is 13.2 Å². The van der Waals surface area contributed by atoms with Gasteiger partial charge in [-0.2, -0.15) is 8.78 Å². The first-order valence-corrected chi connectivity index (χ1v) is 12.5. The van der Waals surface area contributed by atoms with E-state index >= 15 is 0 Å². The van der Waals surface area contributed by atoms with E-state index in [-0.39, 0.29) is 16.9 Å². The van der Waals surface area contributed by atoms with Gasteiger partial charge in [0.25, 0.3) is 0 Å². The van der Waals surface area contributed by atoms with Gasteiger partial charge in [-0.3, -0.25) is 0 Å². The van der Waals surface area contributed by atoms with E-state index in [1.807, 2.05) is 18.2 Å². The Labute approximate surface area is 201 Å². The molecule has 0 aliphatic carbocycles. The number of benzene rings is 3. The zero-order valence-corrected chi connectivity index (χ0v) is 20.1. The Balaban J connectivity index is 1.43. The Morgan fingerprint density at radius 3 is 2.06 bits per heavy atom. The van der Waals surface area contributed by atoms with Crippen LogP contribution in [0.15, 0.2) is 54.6 Å². The normalized spacial score (nSPS) is 13.8. The van der Waals surface area contributed by atoms with Gasteiger partial charge in [0.05, 0.1) is 5.56 Å². The van der Waals surface area contributed by atoms with Gasteiger partial charge < -0.3 is 4.74 Å². The molecule has 0 N–H and O–H groups in total. The van der Waals surface area contributed by atoms with Crippen LogP contribution in [0.5, 0.6) is 5.75 Å². The van der Waals surface area contributed by atoms with Crippen LogP contribution in [0.3, 0.4) is 0 Å². The van der Waals surface area contributed by atoms with Crippen molar-refractivity contribution in [1.82, 2.24) is 0 Å². The minimum absolute atomic E-state index is 0.233. The second-order valence-corrected chi connectivity index (χ2v) is 9.37. The second kappa shape index (κ2) is 10.7. The molecule has 0 saturated carbocycles. The van der Waals surface area contributed by atoms with E-state index < -0.39 is 11.9 Å². The van der Waals surface area contributed by atoms with Crippen LogP contribution in [0.25, 0.3) is 22.3 Å². The number of fused-ring (bicyclic) bond motifs is 3. The zero-order valence-electron chi connectivity index (χ0n) is 20.1. The summed E-state index contributed by atoms with van der Waals surface area (Å²) >= 11 is 0. The molecule has 3 aromatic carbocycles. The largest absolute Gasteiger partial charge is 0.427 e. The first kappa shape index (κ1) is 24.4. The fraction of sp³-hybridized carbons (Fsp3) is 0.400. The lowest BCUT2D eigenvalue weighted by molar-refractivity contribution is -0.188. The second-order valence-electron chi connectivity index (χ2n) is 9.37. The van der Waals surface area contributed by atoms with Gasteiger partial charge in [-0.15, -0.1) is 0 Å². The summed E-state index contributed by atoms with van der Waals surface area (Å²) in [6.07, 6.45) is 7.78. The third kappa shape index (κ3) is 5.32. The molecule has 34 heavy (non-hydrogen) atoms. The van der Waals surface area contributed by atoms with E-state index in [0.717, 1.165) is 12.0 Å². The molecule has 3 aromatic rings. The molecule has 4 rings (SSSR count). The van der Waals surface area contributed by atoms with Crippen molar-refractivity contribution in [1.29, 1.82) is 0 Å². The number of hydrogen-bond acceptors (Lipinski definition) is 1. The van der Waals surface area contributed by atoms with Gasteiger partial charge in [-0.05, 0) is 53.6 Å². The lowest BCUT2D eigenvalue weighted by Gasteiger charge is -2.29. The number of ether oxygens (including phenoxy) is 1. The number of unbranched alkanes of at least 4 members (excludes halogenated alkanes) is 7. The molecule has 0 aromatic heterocycles. The molecule has 1 heterocycles. The van der Waals surface area contributed by atoms with Crippen molar-refractivity contribution in [2.75, 3.05) is 0 Å². The van der Waals surface area contributed by atoms with Crippen molar-refractivity contribution < 1.29 is 17.9 Å². The maximum Gasteiger partial charge on any atom is 0.427 e. The van der Waals surface area contributed by atoms with Crippen molar-refractivity contribution in [3.63, 3.8) is 0 Å². The molecule has 0 atom stereocenters. The van der Waals surface area contributed by atoms with E-state index in [4.69, 9.17) is 4.74 Å². The lowest BCUT2D eigenvalue weighted by Crippen LogP contribution is -2.27. The highest BCUT2D eigenvalue weighted by atomic mass is 19.3. The fourth-order valence-electron chi connectivity index (χ4n) is 4.68. The Hall–Kier alpha value is -2.75. The number of aryl methyl sites for hydroxylation is 2. The highest BCUT2D eigenvalue weighted by Crippen LogP contribution is 2.49. The molecule has 0 fully saturated rings. The van der Waals surface area contributed by atoms with E-state index in [1.165, 1.54) is 69.9 Å². The molecule has 0 spiro atoms. The first-order chi connectivity index (χ1) is 16.4. The Kier molecular flexibility index (Phi) is 7.65. The zero-order chi connectivity index (χ0) is 24.1. The van der Waals surface area contributed by atoms with Crippen molar-refractivity contribution >= 4 is 0 Å². The highest BCUT2D eigenvalue weighted by Gasteiger charge is 2.43. The Morgan fingerprint density at radius 1 is 0.735 bits per heavy atom. The van der Waals surface area contributed by atoms with Crippen molar-refractivity contribution in [3.05, 3.63) is 77.1 Å². The summed E-state index contributed by atoms with van der Waals surface area (Å²) in [5.74, 6) is -1.12. The van der Waals surface area contributed by atoms with Gasteiger partial charge in [-0.1, -0.05) is 100 Å². The van der Waals surface area contributed by atoms with E-state index in [2.05, 4.69) is 19.1 Å². The highest BCUT2D eigenvalue weighted by molar-refractivity contribution is 5.80. The third-order valence-electron chi connectivity index (χ3n) is 6.75. The van der Waals surface area contributed by atoms with Gasteiger partial charge in [0.2, 0.25) is 0 Å². The predicted molar refractivity (Wildman–Crippen MR) is 133 cm³/mol. The monoisotopic (exact) mass is 466 g/mol. The molecule has 1 nitrogen and oxygen atoms in total. The quantitative estimate of drug-likeness (QED) is 0.270. The van der Waals surface area contributed by atoms with Gasteiger partial charge in [0.1, 0.15) is 0 Å². The summed E-state index contributed by atoms with van der Waals surface area (Å²) in [6, 6.07) is 16.3. The maximum absolute atomic E-state index is 14.8. The molecule has 4 heteroatoms. The standard InChI is InChI=1S/C30H33F3O/c1-3-4-5-6-7-8-9-10-11-22-13-15-23(16-14-22)24-17-19-25-26-18-12-21(2)28(31)29(26)34-30(32,33)27(25)20-24/h12-20H,3-11H2,1-2H3. The van der Waals surface area contributed by atoms with Crippen LogP contribution >= 0.6 is 0 Å². The fourth-order valence-corrected chi connectivity index (χ4v) is 4.68. The molecular formula is C30H33F3O. The summed E-state index contributed by atoms with van der Waals surface area (Å²) in [5.41, 5.74) is 3.54. The van der Waals surface area contributed by atoms with Gasteiger partial charge >= 0.3 is 6.11 Å². The molecule has 0 unspecified atom stereocenters. The van der Waals surface area contributed by atoms with Crippen LogP contribution < -0.4 is 4.74 Å². The summed E-state index contributed by atoms with van der Waals surface area (Å²) in [7, 11) is 0. The Bertz CT molecular complexity index is 1120. The number of alkyl halides is 2. The smallest absolute Gasteiger partial charge is 0.425 e. The van der Waals surface area contributed by atoms with Crippen LogP contribution in [0, 0.1) is 12.7 Å². The van der Waals surface area contributed by atoms with Crippen LogP contribution in [-0.4, -0.2) is 0 Å². The van der Waals surface area contributed by atoms with E-state index in [0.29, 0.717) is 16.7 Å². The van der Waals surface area contributed by atoms with Gasteiger partial charge in [0, 0.05) is 5.56 Å². The van der Waals surface area contributed by atoms with Gasteiger partial charge in [0.15, 0.2) is 11.6 Å². The summed E-state index contributed by atoms with van der Waals surface area (Å²) in [4.78, 5) is 0. The third-order valence-corrected chi connectivity index (χ3v) is 6.75. The van der Waals surface area contributed by atoms with Crippen molar-refractivity contribution in [2.45, 2.75) is 77.7 Å². The molecule has 180 valence electrons. The van der Waals surface area contributed by atoms with Crippen molar-refractivity contribution in [2.24, 2.45) is 0 Å². The lowest BCUT2D eigenvalue weighted by atomic mass is 9.91. The van der Waals surface area contributed by atoms with Crippen molar-refractivity contribution in [3.8, 4) is 28.0 Å². The molecule has 0 radical (unpaired) electrons. The van der Waals surface area contributed by atoms with Crippen LogP contribution in [-0.2, 0) is 12.5 Å². The minimum Gasteiger partial charge on any atom is -0.425 e.